The van der Waals surface area contributed by atoms with E-state index in [0.717, 1.165) is 55.4 Å². The fourth-order valence-corrected chi connectivity index (χ4v) is 3.13. The molecule has 1 aromatic heterocycles. The summed E-state index contributed by atoms with van der Waals surface area (Å²) >= 11 is 1.70. The lowest BCUT2D eigenvalue weighted by Gasteiger charge is -2.11. The van der Waals surface area contributed by atoms with Gasteiger partial charge in [-0.05, 0) is 33.6 Å². The van der Waals surface area contributed by atoms with E-state index in [1.807, 2.05) is 13.8 Å². The lowest BCUT2D eigenvalue weighted by molar-refractivity contribution is -0.140. The number of nitrogens with zero attached hydrogens (tertiary/aromatic N) is 2. The van der Waals surface area contributed by atoms with E-state index in [2.05, 4.69) is 32.3 Å². The van der Waals surface area contributed by atoms with E-state index in [1.54, 1.807) is 11.3 Å². The maximum atomic E-state index is 11.0. The summed E-state index contributed by atoms with van der Waals surface area (Å²) in [5.41, 5.74) is 1.07. The molecule has 144 valence electrons. The average Bonchev–Trinajstić information content (AvgIpc) is 2.88. The van der Waals surface area contributed by atoms with Gasteiger partial charge in [0.25, 0.3) is 0 Å². The summed E-state index contributed by atoms with van der Waals surface area (Å²) < 4.78 is 4.63. The topological polar surface area (TPSA) is 75.6 Å². The number of methoxy groups -OCH3 is 1. The van der Waals surface area contributed by atoms with Crippen molar-refractivity contribution < 1.29 is 9.53 Å². The van der Waals surface area contributed by atoms with Crippen LogP contribution in [0.5, 0.6) is 0 Å². The van der Waals surface area contributed by atoms with Crippen LogP contribution in [0.25, 0.3) is 0 Å². The number of unbranched alkanes of at least 4 members (excludes halogenated alkanes) is 3. The average molecular weight is 482 g/mol. The van der Waals surface area contributed by atoms with E-state index in [-0.39, 0.29) is 29.9 Å². The van der Waals surface area contributed by atoms with Gasteiger partial charge in [0, 0.05) is 24.4 Å². The monoisotopic (exact) mass is 482 g/mol. The zero-order valence-electron chi connectivity index (χ0n) is 15.7. The number of aliphatic imine (C=N–C) groups is 1. The van der Waals surface area contributed by atoms with E-state index in [9.17, 15) is 4.79 Å². The molecule has 1 aromatic rings. The van der Waals surface area contributed by atoms with Gasteiger partial charge in [0.05, 0.1) is 24.4 Å². The Labute approximate surface area is 172 Å². The summed E-state index contributed by atoms with van der Waals surface area (Å²) in [5.74, 6) is 0.723. The smallest absolute Gasteiger partial charge is 0.305 e. The molecule has 0 aliphatic rings. The standard InChI is InChI=1S/C17H30N4O2S.HI/c1-5-18-17(20-12-15-13(2)21-14(3)24-15)19-11-9-7-6-8-10-16(22)23-4;/h5-12H2,1-4H3,(H2,18,19,20);1H. The zero-order chi connectivity index (χ0) is 17.8. The van der Waals surface area contributed by atoms with Crippen LogP contribution in [-0.2, 0) is 16.1 Å². The van der Waals surface area contributed by atoms with E-state index < -0.39 is 0 Å². The fourth-order valence-electron chi connectivity index (χ4n) is 2.27. The third-order valence-electron chi connectivity index (χ3n) is 3.55. The van der Waals surface area contributed by atoms with Crippen molar-refractivity contribution in [3.05, 3.63) is 15.6 Å². The van der Waals surface area contributed by atoms with Crippen molar-refractivity contribution in [2.75, 3.05) is 20.2 Å². The molecule has 0 aliphatic carbocycles. The van der Waals surface area contributed by atoms with Crippen LogP contribution in [0.2, 0.25) is 0 Å². The second-order valence-corrected chi connectivity index (χ2v) is 6.89. The summed E-state index contributed by atoms with van der Waals surface area (Å²) in [7, 11) is 1.43. The Morgan fingerprint density at radius 3 is 2.52 bits per heavy atom. The van der Waals surface area contributed by atoms with Gasteiger partial charge >= 0.3 is 5.97 Å². The van der Waals surface area contributed by atoms with Gasteiger partial charge in [-0.3, -0.25) is 4.79 Å². The number of hydrogen-bond donors (Lipinski definition) is 2. The summed E-state index contributed by atoms with van der Waals surface area (Å²) in [6, 6.07) is 0. The van der Waals surface area contributed by atoms with Gasteiger partial charge in [-0.25, -0.2) is 9.98 Å². The highest BCUT2D eigenvalue weighted by Gasteiger charge is 2.05. The summed E-state index contributed by atoms with van der Waals surface area (Å²) in [6.45, 7) is 8.49. The molecular formula is C17H31IN4O2S. The minimum absolute atomic E-state index is 0. The lowest BCUT2D eigenvalue weighted by Crippen LogP contribution is -2.37. The van der Waals surface area contributed by atoms with Crippen molar-refractivity contribution in [3.8, 4) is 0 Å². The van der Waals surface area contributed by atoms with Crippen LogP contribution in [0.15, 0.2) is 4.99 Å². The van der Waals surface area contributed by atoms with Crippen molar-refractivity contribution >= 4 is 47.2 Å². The maximum Gasteiger partial charge on any atom is 0.305 e. The molecule has 6 nitrogen and oxygen atoms in total. The molecular weight excluding hydrogens is 451 g/mol. The van der Waals surface area contributed by atoms with Crippen molar-refractivity contribution in [2.45, 2.75) is 59.4 Å². The van der Waals surface area contributed by atoms with Gasteiger partial charge in [0.15, 0.2) is 5.96 Å². The SMILES string of the molecule is CCNC(=NCc1sc(C)nc1C)NCCCCCCC(=O)OC.I. The highest BCUT2D eigenvalue weighted by Crippen LogP contribution is 2.17. The molecule has 0 saturated carbocycles. The largest absolute Gasteiger partial charge is 0.469 e. The number of nitrogens with one attached hydrogen (secondary N) is 2. The fraction of sp³-hybridized carbons (Fsp3) is 0.706. The third kappa shape index (κ3) is 10.6. The Bertz CT molecular complexity index is 535. The van der Waals surface area contributed by atoms with Crippen LogP contribution in [0.1, 0.15) is 54.6 Å². The second-order valence-electron chi connectivity index (χ2n) is 5.60. The first-order valence-electron chi connectivity index (χ1n) is 8.58. The summed E-state index contributed by atoms with van der Waals surface area (Å²) in [4.78, 5) is 21.3. The number of ether oxygens (including phenoxy) is 1. The molecule has 8 heteroatoms. The highest BCUT2D eigenvalue weighted by molar-refractivity contribution is 14.0. The molecule has 0 saturated heterocycles. The van der Waals surface area contributed by atoms with E-state index >= 15 is 0 Å². The molecule has 0 amide bonds. The molecule has 0 aliphatic heterocycles. The first kappa shape index (κ1) is 24.1. The molecule has 0 fully saturated rings. The van der Waals surface area contributed by atoms with Crippen LogP contribution in [0, 0.1) is 13.8 Å². The zero-order valence-corrected chi connectivity index (χ0v) is 18.8. The van der Waals surface area contributed by atoms with Crippen LogP contribution in [0.3, 0.4) is 0 Å². The van der Waals surface area contributed by atoms with Crippen molar-refractivity contribution in [1.29, 1.82) is 0 Å². The first-order chi connectivity index (χ1) is 11.6. The molecule has 0 spiro atoms. The Morgan fingerprint density at radius 1 is 1.20 bits per heavy atom. The van der Waals surface area contributed by atoms with Gasteiger partial charge < -0.3 is 15.4 Å². The quantitative estimate of drug-likeness (QED) is 0.175. The molecule has 0 radical (unpaired) electrons. The molecule has 2 N–H and O–H groups in total. The van der Waals surface area contributed by atoms with E-state index in [1.165, 1.54) is 12.0 Å². The Balaban J connectivity index is 0.00000576. The lowest BCUT2D eigenvalue weighted by atomic mass is 10.1. The molecule has 0 aromatic carbocycles. The number of rotatable bonds is 10. The van der Waals surface area contributed by atoms with Crippen LogP contribution in [0.4, 0.5) is 0 Å². The van der Waals surface area contributed by atoms with Gasteiger partial charge in [0.1, 0.15) is 0 Å². The van der Waals surface area contributed by atoms with Crippen molar-refractivity contribution in [2.24, 2.45) is 4.99 Å². The predicted octanol–water partition coefficient (Wildman–Crippen LogP) is 3.56. The molecule has 1 heterocycles. The van der Waals surface area contributed by atoms with E-state index in [0.29, 0.717) is 13.0 Å². The highest BCUT2D eigenvalue weighted by atomic mass is 127. The van der Waals surface area contributed by atoms with Gasteiger partial charge in [-0.2, -0.15) is 0 Å². The molecule has 0 unspecified atom stereocenters. The number of carbonyl (C=O) groups is 1. The normalized spacial score (nSPS) is 11.0. The number of carbonyl (C=O) groups excluding carboxylic acids is 1. The van der Waals surface area contributed by atoms with Crippen LogP contribution < -0.4 is 10.6 Å². The Hall–Kier alpha value is -0.900. The van der Waals surface area contributed by atoms with Gasteiger partial charge in [0.2, 0.25) is 0 Å². The molecule has 25 heavy (non-hydrogen) atoms. The third-order valence-corrected chi connectivity index (χ3v) is 4.61. The minimum Gasteiger partial charge on any atom is -0.469 e. The summed E-state index contributed by atoms with van der Waals surface area (Å²) in [5, 5.41) is 7.71. The number of thiazole rings is 1. The van der Waals surface area contributed by atoms with Gasteiger partial charge in [-0.1, -0.05) is 12.8 Å². The molecule has 0 bridgehead atoms. The van der Waals surface area contributed by atoms with E-state index in [4.69, 9.17) is 0 Å². The van der Waals surface area contributed by atoms with Crippen molar-refractivity contribution in [3.63, 3.8) is 0 Å². The predicted molar refractivity (Wildman–Crippen MR) is 115 cm³/mol. The number of guanidine groups is 1. The maximum absolute atomic E-state index is 11.0. The second kappa shape index (κ2) is 14.3. The summed E-state index contributed by atoms with van der Waals surface area (Å²) in [6.07, 6.45) is 4.61. The molecule has 1 rings (SSSR count). The Morgan fingerprint density at radius 2 is 1.92 bits per heavy atom. The number of aryl methyl sites for hydroxylation is 2. The number of halogens is 1. The van der Waals surface area contributed by atoms with Gasteiger partial charge in [-0.15, -0.1) is 35.3 Å². The van der Waals surface area contributed by atoms with Crippen LogP contribution >= 0.6 is 35.3 Å². The number of hydrogen-bond acceptors (Lipinski definition) is 5. The number of esters is 1. The first-order valence-corrected chi connectivity index (χ1v) is 9.40. The minimum atomic E-state index is -0.122. The molecule has 0 atom stereocenters. The van der Waals surface area contributed by atoms with Crippen molar-refractivity contribution in [1.82, 2.24) is 15.6 Å². The van der Waals surface area contributed by atoms with Crippen LogP contribution in [-0.4, -0.2) is 37.1 Å². The Kier molecular flexibility index (Phi) is 13.8. The number of aromatic nitrogens is 1.